The fourth-order valence-corrected chi connectivity index (χ4v) is 6.00. The fraction of sp³-hybridized carbons (Fsp3) is 0.424. The van der Waals surface area contributed by atoms with E-state index in [2.05, 4.69) is 10.3 Å². The summed E-state index contributed by atoms with van der Waals surface area (Å²) in [6.07, 6.45) is -9.56. The van der Waals surface area contributed by atoms with Gasteiger partial charge in [0.15, 0.2) is 6.29 Å². The van der Waals surface area contributed by atoms with E-state index in [1.165, 1.54) is 45.3 Å². The maximum Gasteiger partial charge on any atom is 0.416 e. The molecular formula is C33H32F7N3O4. The summed E-state index contributed by atoms with van der Waals surface area (Å²) in [5.74, 6) is -1.92. The maximum atomic E-state index is 14.1. The van der Waals surface area contributed by atoms with Gasteiger partial charge in [-0.15, -0.1) is 0 Å². The molecule has 2 aliphatic heterocycles. The van der Waals surface area contributed by atoms with Gasteiger partial charge in [-0.25, -0.2) is 4.39 Å². The lowest BCUT2D eigenvalue weighted by Crippen LogP contribution is -2.42. The third-order valence-corrected chi connectivity index (χ3v) is 8.61. The first kappa shape index (κ1) is 34.3. The molecule has 0 spiro atoms. The number of epoxide rings is 1. The largest absolute Gasteiger partial charge is 0.416 e. The molecule has 3 heterocycles. The van der Waals surface area contributed by atoms with Gasteiger partial charge in [0.05, 0.1) is 40.2 Å². The zero-order valence-corrected chi connectivity index (χ0v) is 26.0. The third-order valence-electron chi connectivity index (χ3n) is 8.61. The normalized spacial score (nSPS) is 21.5. The summed E-state index contributed by atoms with van der Waals surface area (Å²) in [5, 5.41) is 2.90. The van der Waals surface area contributed by atoms with Crippen LogP contribution < -0.4 is 10.2 Å². The minimum Gasteiger partial charge on any atom is -0.350 e. The molecule has 0 radical (unpaired) electrons. The zero-order chi connectivity index (χ0) is 34.6. The Bertz CT molecular complexity index is 1670. The highest BCUT2D eigenvalue weighted by Gasteiger charge is 2.53. The summed E-state index contributed by atoms with van der Waals surface area (Å²) in [6.45, 7) is 6.33. The van der Waals surface area contributed by atoms with Crippen LogP contribution in [0.1, 0.15) is 61.2 Å². The van der Waals surface area contributed by atoms with E-state index in [0.29, 0.717) is 41.1 Å². The smallest absolute Gasteiger partial charge is 0.350 e. The van der Waals surface area contributed by atoms with Crippen molar-refractivity contribution in [1.82, 2.24) is 10.3 Å². The van der Waals surface area contributed by atoms with Gasteiger partial charge in [-0.1, -0.05) is 6.07 Å². The number of benzene rings is 2. The maximum absolute atomic E-state index is 14.1. The Morgan fingerprint density at radius 3 is 2.19 bits per heavy atom. The number of aryl methyl sites for hydroxylation is 1. The molecule has 4 unspecified atom stereocenters. The first-order valence-corrected chi connectivity index (χ1v) is 14.7. The zero-order valence-electron chi connectivity index (χ0n) is 26.0. The predicted molar refractivity (Wildman–Crippen MR) is 157 cm³/mol. The number of nitrogens with one attached hydrogen (secondary N) is 1. The highest BCUT2D eigenvalue weighted by atomic mass is 19.4. The second kappa shape index (κ2) is 12.2. The number of amides is 2. The summed E-state index contributed by atoms with van der Waals surface area (Å²) < 4.78 is 107. The van der Waals surface area contributed by atoms with Crippen molar-refractivity contribution in [2.24, 2.45) is 5.92 Å². The molecule has 2 saturated heterocycles. The first-order chi connectivity index (χ1) is 21.8. The number of anilines is 1. The van der Waals surface area contributed by atoms with Crippen LogP contribution in [0.2, 0.25) is 0 Å². The minimum absolute atomic E-state index is 0.00413. The third kappa shape index (κ3) is 6.84. The highest BCUT2D eigenvalue weighted by Crippen LogP contribution is 2.45. The number of ether oxygens (including phenoxy) is 2. The van der Waals surface area contributed by atoms with Gasteiger partial charge < -0.3 is 19.7 Å². The molecule has 2 amide bonds. The standard InChI is InChI=1S/C33H32F7N3O4/c1-6-46-29-28(47-29)23-14-26(44)42-27(23)24-13-22(21-8-7-20(34)9-16(21)2)25(15-41-24)43(5)30(45)31(3,4)17-10-18(32(35,36)37)12-19(11-17)33(38,39)40/h7-13,15,23,27-29H,6,14H2,1-5H3,(H,42,44). The molecule has 2 fully saturated rings. The van der Waals surface area contributed by atoms with Crippen LogP contribution in [0.5, 0.6) is 0 Å². The lowest BCUT2D eigenvalue weighted by atomic mass is 9.81. The number of carbonyl (C=O) groups excluding carboxylic acids is 2. The second-order valence-corrected chi connectivity index (χ2v) is 12.2. The van der Waals surface area contributed by atoms with Gasteiger partial charge in [-0.2, -0.15) is 26.3 Å². The first-order valence-electron chi connectivity index (χ1n) is 14.7. The Morgan fingerprint density at radius 1 is 1.00 bits per heavy atom. The number of rotatable bonds is 8. The van der Waals surface area contributed by atoms with Crippen molar-refractivity contribution >= 4 is 17.5 Å². The number of hydrogen-bond donors (Lipinski definition) is 1. The Balaban J connectivity index is 1.58. The van der Waals surface area contributed by atoms with E-state index < -0.39 is 58.5 Å². The molecule has 252 valence electrons. The molecule has 47 heavy (non-hydrogen) atoms. The predicted octanol–water partition coefficient (Wildman–Crippen LogP) is 7.11. The SMILES string of the molecule is CCOC1OC1C1CC(=O)NC1c1cc(-c2ccc(F)cc2C)c(N(C)C(=O)C(C)(C)c2cc(C(F)(F)F)cc(C(F)(F)F)c2)cn1. The summed E-state index contributed by atoms with van der Waals surface area (Å²) in [7, 11) is 1.33. The summed E-state index contributed by atoms with van der Waals surface area (Å²) in [5.41, 5.74) is -3.57. The fourth-order valence-electron chi connectivity index (χ4n) is 6.00. The molecule has 4 atom stereocenters. The van der Waals surface area contributed by atoms with Crippen molar-refractivity contribution < 1.29 is 49.8 Å². The molecular weight excluding hydrogens is 635 g/mol. The Kier molecular flexibility index (Phi) is 8.90. The number of alkyl halides is 6. The summed E-state index contributed by atoms with van der Waals surface area (Å²) in [6, 6.07) is 6.07. The van der Waals surface area contributed by atoms with Gasteiger partial charge >= 0.3 is 12.4 Å². The minimum atomic E-state index is -5.10. The van der Waals surface area contributed by atoms with E-state index >= 15 is 0 Å². The number of pyridine rings is 1. The van der Waals surface area contributed by atoms with E-state index in [4.69, 9.17) is 9.47 Å². The van der Waals surface area contributed by atoms with Gasteiger partial charge in [0, 0.05) is 31.6 Å². The van der Waals surface area contributed by atoms with Crippen LogP contribution in [0.4, 0.5) is 36.4 Å². The molecule has 2 aliphatic rings. The summed E-state index contributed by atoms with van der Waals surface area (Å²) in [4.78, 5) is 32.2. The molecule has 0 saturated carbocycles. The van der Waals surface area contributed by atoms with Crippen LogP contribution in [0.15, 0.2) is 48.7 Å². The molecule has 0 bridgehead atoms. The number of likely N-dealkylation sites (N-methyl/N-ethyl adjacent to an activating group) is 1. The molecule has 7 nitrogen and oxygen atoms in total. The number of halogens is 7. The van der Waals surface area contributed by atoms with Crippen LogP contribution in [0.3, 0.4) is 0 Å². The van der Waals surface area contributed by atoms with Gasteiger partial charge in [0.1, 0.15) is 11.9 Å². The van der Waals surface area contributed by atoms with Crippen molar-refractivity contribution in [3.05, 3.63) is 82.4 Å². The van der Waals surface area contributed by atoms with E-state index in [1.54, 1.807) is 13.0 Å². The van der Waals surface area contributed by atoms with Crippen molar-refractivity contribution in [1.29, 1.82) is 0 Å². The van der Waals surface area contributed by atoms with Crippen LogP contribution in [-0.4, -0.2) is 42.8 Å². The topological polar surface area (TPSA) is 84.1 Å². The summed E-state index contributed by atoms with van der Waals surface area (Å²) >= 11 is 0. The van der Waals surface area contributed by atoms with Crippen molar-refractivity contribution in [2.45, 2.75) is 70.3 Å². The second-order valence-electron chi connectivity index (χ2n) is 12.2. The number of hydrogen-bond acceptors (Lipinski definition) is 5. The molecule has 0 aliphatic carbocycles. The van der Waals surface area contributed by atoms with Crippen LogP contribution in [0.25, 0.3) is 11.1 Å². The van der Waals surface area contributed by atoms with Crippen molar-refractivity contribution in [3.63, 3.8) is 0 Å². The Labute approximate surface area is 266 Å². The lowest BCUT2D eigenvalue weighted by molar-refractivity contribution is -0.143. The highest BCUT2D eigenvalue weighted by molar-refractivity contribution is 6.03. The van der Waals surface area contributed by atoms with Crippen LogP contribution in [-0.2, 0) is 36.8 Å². The van der Waals surface area contributed by atoms with E-state index in [1.807, 2.05) is 6.92 Å². The van der Waals surface area contributed by atoms with E-state index in [0.717, 1.165) is 4.90 Å². The number of carbonyl (C=O) groups is 2. The van der Waals surface area contributed by atoms with E-state index in [-0.39, 0.29) is 36.1 Å². The lowest BCUT2D eigenvalue weighted by Gasteiger charge is -2.32. The molecule has 1 N–H and O–H groups in total. The van der Waals surface area contributed by atoms with Crippen molar-refractivity contribution in [2.75, 3.05) is 18.6 Å². The Hall–Kier alpha value is -4.04. The molecule has 5 rings (SSSR count). The average Bonchev–Trinajstić information content (AvgIpc) is 3.64. The molecule has 2 aromatic carbocycles. The average molecular weight is 668 g/mol. The van der Waals surface area contributed by atoms with Crippen LogP contribution >= 0.6 is 0 Å². The molecule has 14 heteroatoms. The van der Waals surface area contributed by atoms with Gasteiger partial charge in [-0.3, -0.25) is 14.6 Å². The monoisotopic (exact) mass is 667 g/mol. The van der Waals surface area contributed by atoms with E-state index in [9.17, 15) is 40.3 Å². The molecule has 1 aromatic heterocycles. The molecule has 3 aromatic rings. The number of nitrogens with zero attached hydrogens (tertiary/aromatic N) is 2. The van der Waals surface area contributed by atoms with Gasteiger partial charge in [-0.05, 0) is 80.8 Å². The van der Waals surface area contributed by atoms with Crippen LogP contribution in [0, 0.1) is 18.7 Å². The van der Waals surface area contributed by atoms with Gasteiger partial charge in [0.25, 0.3) is 0 Å². The van der Waals surface area contributed by atoms with Crippen molar-refractivity contribution in [3.8, 4) is 11.1 Å². The quantitative estimate of drug-likeness (QED) is 0.205. The number of aromatic nitrogens is 1. The van der Waals surface area contributed by atoms with Gasteiger partial charge in [0.2, 0.25) is 11.8 Å². The Morgan fingerprint density at radius 2 is 1.62 bits per heavy atom.